The number of amides is 1. The van der Waals surface area contributed by atoms with Crippen molar-refractivity contribution in [1.29, 1.82) is 0 Å². The van der Waals surface area contributed by atoms with E-state index < -0.39 is 11.7 Å². The van der Waals surface area contributed by atoms with E-state index in [1.807, 2.05) is 0 Å². The SMILES string of the molecule is Cn1cnc2ncn(CC(=O)Nc3nc4ccc(F)cc4o3)c2c1=O. The summed E-state index contributed by atoms with van der Waals surface area (Å²) in [6.07, 6.45) is 2.72. The van der Waals surface area contributed by atoms with Crippen molar-refractivity contribution in [3.63, 3.8) is 0 Å². The molecule has 0 aliphatic heterocycles. The third-order valence-corrected chi connectivity index (χ3v) is 3.61. The van der Waals surface area contributed by atoms with Crippen molar-refractivity contribution in [2.75, 3.05) is 5.32 Å². The van der Waals surface area contributed by atoms with E-state index in [-0.39, 0.29) is 34.9 Å². The lowest BCUT2D eigenvalue weighted by Gasteiger charge is -2.03. The van der Waals surface area contributed by atoms with Crippen LogP contribution in [0.2, 0.25) is 0 Å². The zero-order chi connectivity index (χ0) is 17.6. The Labute approximate surface area is 138 Å². The Kier molecular flexibility index (Phi) is 3.31. The van der Waals surface area contributed by atoms with Gasteiger partial charge < -0.3 is 13.6 Å². The van der Waals surface area contributed by atoms with Crippen LogP contribution in [-0.4, -0.2) is 30.0 Å². The van der Waals surface area contributed by atoms with Gasteiger partial charge >= 0.3 is 6.01 Å². The summed E-state index contributed by atoms with van der Waals surface area (Å²) in [5, 5.41) is 2.47. The van der Waals surface area contributed by atoms with Crippen molar-refractivity contribution in [2.24, 2.45) is 7.05 Å². The summed E-state index contributed by atoms with van der Waals surface area (Å²) >= 11 is 0. The number of halogens is 1. The highest BCUT2D eigenvalue weighted by molar-refractivity contribution is 5.90. The van der Waals surface area contributed by atoms with E-state index in [9.17, 15) is 14.0 Å². The molecule has 0 fully saturated rings. The maximum absolute atomic E-state index is 13.2. The first-order valence-corrected chi connectivity index (χ1v) is 7.23. The minimum atomic E-state index is -0.475. The molecule has 4 rings (SSSR count). The van der Waals surface area contributed by atoms with E-state index in [0.29, 0.717) is 5.52 Å². The molecule has 0 saturated carbocycles. The van der Waals surface area contributed by atoms with E-state index >= 15 is 0 Å². The number of fused-ring (bicyclic) bond motifs is 2. The van der Waals surface area contributed by atoms with Gasteiger partial charge in [0, 0.05) is 13.1 Å². The number of carbonyl (C=O) groups excluding carboxylic acids is 1. The highest BCUT2D eigenvalue weighted by Gasteiger charge is 2.14. The summed E-state index contributed by atoms with van der Waals surface area (Å²) in [5.41, 5.74) is 0.810. The van der Waals surface area contributed by atoms with Crippen LogP contribution in [0, 0.1) is 5.82 Å². The van der Waals surface area contributed by atoms with Crippen LogP contribution < -0.4 is 10.9 Å². The molecule has 4 aromatic rings. The molecule has 0 atom stereocenters. The molecule has 3 heterocycles. The topological polar surface area (TPSA) is 108 Å². The zero-order valence-corrected chi connectivity index (χ0v) is 12.9. The number of hydrogen-bond acceptors (Lipinski definition) is 6. The van der Waals surface area contributed by atoms with Gasteiger partial charge in [0.1, 0.15) is 17.9 Å². The largest absolute Gasteiger partial charge is 0.423 e. The number of benzene rings is 1. The van der Waals surface area contributed by atoms with Crippen molar-refractivity contribution in [3.8, 4) is 0 Å². The van der Waals surface area contributed by atoms with Gasteiger partial charge in [-0.25, -0.2) is 14.4 Å². The van der Waals surface area contributed by atoms with E-state index in [1.165, 1.54) is 40.0 Å². The Morgan fingerprint density at radius 2 is 2.12 bits per heavy atom. The second-order valence-electron chi connectivity index (χ2n) is 5.38. The van der Waals surface area contributed by atoms with Crippen LogP contribution in [0.3, 0.4) is 0 Å². The molecular formula is C15H11FN6O3. The molecule has 25 heavy (non-hydrogen) atoms. The standard InChI is InChI=1S/C15H11FN6O3/c1-21-6-17-13-12(14(21)24)22(7-18-13)5-11(23)20-15-19-9-3-2-8(16)4-10(9)25-15/h2-4,6-7H,5H2,1H3,(H,19,20,23). The van der Waals surface area contributed by atoms with E-state index in [2.05, 4.69) is 20.3 Å². The van der Waals surface area contributed by atoms with Crippen LogP contribution in [0.4, 0.5) is 10.4 Å². The van der Waals surface area contributed by atoms with Gasteiger partial charge in [0.25, 0.3) is 5.56 Å². The lowest BCUT2D eigenvalue weighted by molar-refractivity contribution is -0.116. The molecule has 3 aromatic heterocycles. The zero-order valence-electron chi connectivity index (χ0n) is 12.9. The van der Waals surface area contributed by atoms with Gasteiger partial charge in [0.2, 0.25) is 5.91 Å². The van der Waals surface area contributed by atoms with Crippen molar-refractivity contribution in [1.82, 2.24) is 24.1 Å². The van der Waals surface area contributed by atoms with Crippen LogP contribution in [0.15, 0.2) is 40.1 Å². The van der Waals surface area contributed by atoms with E-state index in [1.54, 1.807) is 7.05 Å². The minimum absolute atomic E-state index is 0.0546. The molecule has 0 radical (unpaired) electrons. The fourth-order valence-corrected chi connectivity index (χ4v) is 2.43. The third kappa shape index (κ3) is 2.63. The molecule has 10 heteroatoms. The molecule has 1 aromatic carbocycles. The van der Waals surface area contributed by atoms with Gasteiger partial charge in [0.05, 0.1) is 12.7 Å². The van der Waals surface area contributed by atoms with Crippen LogP contribution in [0.25, 0.3) is 22.3 Å². The average molecular weight is 342 g/mol. The third-order valence-electron chi connectivity index (χ3n) is 3.61. The summed E-state index contributed by atoms with van der Waals surface area (Å²) in [5.74, 6) is -0.938. The lowest BCUT2D eigenvalue weighted by atomic mass is 10.3. The Bertz CT molecular complexity index is 1180. The maximum atomic E-state index is 13.2. The normalized spacial score (nSPS) is 11.3. The maximum Gasteiger partial charge on any atom is 0.302 e. The number of aromatic nitrogens is 5. The lowest BCUT2D eigenvalue weighted by Crippen LogP contribution is -2.23. The fraction of sp³-hybridized carbons (Fsp3) is 0.133. The van der Waals surface area contributed by atoms with Gasteiger partial charge in [-0.15, -0.1) is 0 Å². The Morgan fingerprint density at radius 1 is 1.32 bits per heavy atom. The highest BCUT2D eigenvalue weighted by atomic mass is 19.1. The first-order chi connectivity index (χ1) is 12.0. The fourth-order valence-electron chi connectivity index (χ4n) is 2.43. The average Bonchev–Trinajstić information content (AvgIpc) is 3.14. The Balaban J connectivity index is 1.59. The molecule has 0 spiro atoms. The molecule has 126 valence electrons. The number of carbonyl (C=O) groups is 1. The summed E-state index contributed by atoms with van der Waals surface area (Å²) in [6, 6.07) is 3.82. The molecule has 0 bridgehead atoms. The Hall–Kier alpha value is -3.56. The number of hydrogen-bond donors (Lipinski definition) is 1. The van der Waals surface area contributed by atoms with Crippen LogP contribution >= 0.6 is 0 Å². The number of aryl methyl sites for hydroxylation is 1. The van der Waals surface area contributed by atoms with Crippen molar-refractivity contribution < 1.29 is 13.6 Å². The second kappa shape index (κ2) is 5.51. The summed E-state index contributed by atoms with van der Waals surface area (Å²) in [6.45, 7) is -0.176. The van der Waals surface area contributed by atoms with Crippen molar-refractivity contribution in [2.45, 2.75) is 6.54 Å². The number of anilines is 1. The van der Waals surface area contributed by atoms with Crippen molar-refractivity contribution >= 4 is 34.2 Å². The smallest absolute Gasteiger partial charge is 0.302 e. The number of nitrogens with zero attached hydrogens (tertiary/aromatic N) is 5. The van der Waals surface area contributed by atoms with Crippen molar-refractivity contribution in [3.05, 3.63) is 47.0 Å². The number of oxazole rings is 1. The molecule has 0 aliphatic rings. The quantitative estimate of drug-likeness (QED) is 0.596. The number of imidazole rings is 1. The molecule has 1 amide bonds. The minimum Gasteiger partial charge on any atom is -0.423 e. The van der Waals surface area contributed by atoms with E-state index in [4.69, 9.17) is 4.42 Å². The molecule has 9 nitrogen and oxygen atoms in total. The molecule has 0 aliphatic carbocycles. The molecule has 0 saturated heterocycles. The summed E-state index contributed by atoms with van der Waals surface area (Å²) < 4.78 is 21.1. The highest BCUT2D eigenvalue weighted by Crippen LogP contribution is 2.19. The van der Waals surface area contributed by atoms with Gasteiger partial charge in [-0.2, -0.15) is 4.98 Å². The van der Waals surface area contributed by atoms with E-state index in [0.717, 1.165) is 0 Å². The molecule has 1 N–H and O–H groups in total. The summed E-state index contributed by atoms with van der Waals surface area (Å²) in [4.78, 5) is 36.4. The van der Waals surface area contributed by atoms with Gasteiger partial charge in [-0.1, -0.05) is 0 Å². The Morgan fingerprint density at radius 3 is 2.96 bits per heavy atom. The van der Waals surface area contributed by atoms with Gasteiger partial charge in [-0.05, 0) is 12.1 Å². The second-order valence-corrected chi connectivity index (χ2v) is 5.38. The van der Waals surface area contributed by atoms with Crippen LogP contribution in [0.5, 0.6) is 0 Å². The van der Waals surface area contributed by atoms with Gasteiger partial charge in [-0.3, -0.25) is 14.9 Å². The van der Waals surface area contributed by atoms with Crippen LogP contribution in [-0.2, 0) is 18.4 Å². The number of rotatable bonds is 3. The number of nitrogens with one attached hydrogen (secondary N) is 1. The predicted molar refractivity (Wildman–Crippen MR) is 85.4 cm³/mol. The first kappa shape index (κ1) is 15.0. The van der Waals surface area contributed by atoms with Crippen LogP contribution in [0.1, 0.15) is 0 Å². The summed E-state index contributed by atoms with van der Waals surface area (Å²) in [7, 11) is 1.56. The van der Waals surface area contributed by atoms with Gasteiger partial charge in [0.15, 0.2) is 16.7 Å². The monoisotopic (exact) mass is 342 g/mol. The molecule has 0 unspecified atom stereocenters. The predicted octanol–water partition coefficient (Wildman–Crippen LogP) is 1.05. The molecular weight excluding hydrogens is 331 g/mol. The first-order valence-electron chi connectivity index (χ1n) is 7.23.